The number of esters is 2. The van der Waals surface area contributed by atoms with Crippen LogP contribution in [-0.4, -0.2) is 31.3 Å². The minimum Gasteiger partial charge on any atom is -0.843 e. The van der Waals surface area contributed by atoms with Crippen LogP contribution in [0.1, 0.15) is 97.3 Å². The van der Waals surface area contributed by atoms with Gasteiger partial charge in [-0.1, -0.05) is 78.1 Å². The van der Waals surface area contributed by atoms with Crippen molar-refractivity contribution in [3.63, 3.8) is 0 Å². The van der Waals surface area contributed by atoms with Crippen molar-refractivity contribution in [3.8, 4) is 0 Å². The molecule has 0 bridgehead atoms. The van der Waals surface area contributed by atoms with Crippen LogP contribution in [0.5, 0.6) is 0 Å². The van der Waals surface area contributed by atoms with Crippen LogP contribution >= 0.6 is 0 Å². The highest BCUT2D eigenvalue weighted by Crippen LogP contribution is 2.07. The van der Waals surface area contributed by atoms with Crippen molar-refractivity contribution in [3.05, 3.63) is 0 Å². The number of hydrogen-bond acceptors (Lipinski definition) is 5. The average molecular weight is 358 g/mol. The van der Waals surface area contributed by atoms with Crippen LogP contribution in [0.2, 0.25) is 0 Å². The van der Waals surface area contributed by atoms with Crippen molar-refractivity contribution in [2.75, 3.05) is 13.2 Å². The number of hydrogen-bond donors (Lipinski definition) is 0. The average Bonchev–Trinajstić information content (AvgIpc) is 2.59. The summed E-state index contributed by atoms with van der Waals surface area (Å²) in [5.41, 5.74) is 0. The lowest BCUT2D eigenvalue weighted by Gasteiger charge is -2.19. The van der Waals surface area contributed by atoms with E-state index in [2.05, 4.69) is 13.8 Å². The van der Waals surface area contributed by atoms with Gasteiger partial charge in [0.05, 0.1) is 13.2 Å². The molecule has 1 atom stereocenters. The summed E-state index contributed by atoms with van der Waals surface area (Å²) in [5, 5.41) is 11.7. The molecule has 0 spiro atoms. The lowest BCUT2D eigenvalue weighted by atomic mass is 10.1. The van der Waals surface area contributed by atoms with Crippen molar-refractivity contribution in [2.45, 2.75) is 103 Å². The van der Waals surface area contributed by atoms with Gasteiger partial charge >= 0.3 is 5.97 Å². The molecular weight excluding hydrogens is 320 g/mol. The zero-order valence-corrected chi connectivity index (χ0v) is 16.2. The molecule has 0 saturated carbocycles. The van der Waals surface area contributed by atoms with Gasteiger partial charge in [-0.25, -0.2) is 0 Å². The van der Waals surface area contributed by atoms with Crippen molar-refractivity contribution in [1.29, 1.82) is 0 Å². The Morgan fingerprint density at radius 3 is 1.68 bits per heavy atom. The Morgan fingerprint density at radius 1 is 0.720 bits per heavy atom. The van der Waals surface area contributed by atoms with Crippen LogP contribution in [0.25, 0.3) is 0 Å². The molecule has 5 nitrogen and oxygen atoms in total. The Bertz CT molecular complexity index is 330. The van der Waals surface area contributed by atoms with Gasteiger partial charge in [0.25, 0.3) is 5.97 Å². The highest BCUT2D eigenvalue weighted by Gasteiger charge is 2.13. The van der Waals surface area contributed by atoms with E-state index in [-0.39, 0.29) is 6.61 Å². The fraction of sp³-hybridized carbons (Fsp3) is 0.900. The molecule has 148 valence electrons. The maximum atomic E-state index is 11.7. The zero-order chi connectivity index (χ0) is 18.8. The first-order valence-electron chi connectivity index (χ1n) is 10.1. The van der Waals surface area contributed by atoms with Gasteiger partial charge in [-0.3, -0.25) is 9.59 Å². The van der Waals surface area contributed by atoms with Crippen LogP contribution in [0.3, 0.4) is 0 Å². The molecule has 0 radical (unpaired) electrons. The molecule has 0 N–H and O–H groups in total. The molecule has 0 aliphatic carbocycles. The zero-order valence-electron chi connectivity index (χ0n) is 16.2. The van der Waals surface area contributed by atoms with Crippen LogP contribution < -0.4 is 5.11 Å². The van der Waals surface area contributed by atoms with E-state index in [1.165, 1.54) is 38.5 Å². The number of carbonyl (C=O) groups is 2. The Kier molecular flexibility index (Phi) is 16.9. The molecule has 5 heteroatoms. The summed E-state index contributed by atoms with van der Waals surface area (Å²) in [6.07, 6.45) is 11.0. The molecule has 0 aromatic rings. The van der Waals surface area contributed by atoms with E-state index in [9.17, 15) is 14.7 Å². The predicted molar refractivity (Wildman–Crippen MR) is 97.1 cm³/mol. The highest BCUT2D eigenvalue weighted by molar-refractivity contribution is 5.81. The Labute approximate surface area is 153 Å². The smallest absolute Gasteiger partial charge is 0.305 e. The van der Waals surface area contributed by atoms with Gasteiger partial charge < -0.3 is 14.6 Å². The van der Waals surface area contributed by atoms with Crippen LogP contribution in [0.4, 0.5) is 0 Å². The lowest BCUT2D eigenvalue weighted by Crippen LogP contribution is -2.38. The first kappa shape index (κ1) is 23.9. The largest absolute Gasteiger partial charge is 0.843 e. The fourth-order valence-electron chi connectivity index (χ4n) is 2.51. The van der Waals surface area contributed by atoms with E-state index in [4.69, 9.17) is 9.47 Å². The van der Waals surface area contributed by atoms with Gasteiger partial charge in [0.2, 0.25) is 0 Å². The summed E-state index contributed by atoms with van der Waals surface area (Å²) in [6, 6.07) is 0. The minimum absolute atomic E-state index is 0.260. The van der Waals surface area contributed by atoms with Gasteiger partial charge in [0.1, 0.15) is 0 Å². The number of ether oxygens (including phenoxy) is 2. The van der Waals surface area contributed by atoms with Gasteiger partial charge in [-0.2, -0.15) is 0 Å². The molecule has 0 aliphatic rings. The fourth-order valence-corrected chi connectivity index (χ4v) is 2.51. The number of rotatable bonds is 17. The predicted octanol–water partition coefficient (Wildman–Crippen LogP) is 3.91. The summed E-state index contributed by atoms with van der Waals surface area (Å²) < 4.78 is 9.94. The van der Waals surface area contributed by atoms with E-state index in [0.717, 1.165) is 38.5 Å². The molecular formula is C20H37O5-. The van der Waals surface area contributed by atoms with Crippen molar-refractivity contribution in [1.82, 2.24) is 0 Å². The molecule has 1 unspecified atom stereocenters. The Balaban J connectivity index is 3.56. The quantitative estimate of drug-likeness (QED) is 0.291. The monoisotopic (exact) mass is 357 g/mol. The third kappa shape index (κ3) is 16.1. The van der Waals surface area contributed by atoms with E-state index >= 15 is 0 Å². The summed E-state index contributed by atoms with van der Waals surface area (Å²) in [6.45, 7) is 4.91. The maximum Gasteiger partial charge on any atom is 0.305 e. The van der Waals surface area contributed by atoms with Gasteiger partial charge in [0, 0.05) is 6.42 Å². The van der Waals surface area contributed by atoms with E-state index in [1.54, 1.807) is 0 Å². The first-order valence-corrected chi connectivity index (χ1v) is 10.1. The van der Waals surface area contributed by atoms with Gasteiger partial charge in [0.15, 0.2) is 0 Å². The van der Waals surface area contributed by atoms with Crippen LogP contribution in [0.15, 0.2) is 0 Å². The summed E-state index contributed by atoms with van der Waals surface area (Å²) >= 11 is 0. The molecule has 0 heterocycles. The van der Waals surface area contributed by atoms with Crippen LogP contribution in [-0.2, 0) is 19.1 Å². The lowest BCUT2D eigenvalue weighted by molar-refractivity contribution is -0.407. The molecule has 0 fully saturated rings. The summed E-state index contributed by atoms with van der Waals surface area (Å²) in [5.74, 6) is -1.45. The molecule has 0 aliphatic heterocycles. The topological polar surface area (TPSA) is 75.7 Å². The van der Waals surface area contributed by atoms with Crippen molar-refractivity contribution >= 4 is 11.9 Å². The SMILES string of the molecule is CCCCCCCCOC(=O)CC([O-])C(=O)OCCCCCCCC. The second-order valence-electron chi connectivity index (χ2n) is 6.62. The van der Waals surface area contributed by atoms with Gasteiger partial charge in [-0.15, -0.1) is 0 Å². The van der Waals surface area contributed by atoms with Gasteiger partial charge in [-0.05, 0) is 18.9 Å². The molecule has 0 saturated heterocycles. The van der Waals surface area contributed by atoms with E-state index in [1.807, 2.05) is 0 Å². The van der Waals surface area contributed by atoms with Crippen LogP contribution in [0, 0.1) is 0 Å². The Morgan fingerprint density at radius 2 is 1.16 bits per heavy atom. The Hall–Kier alpha value is -1.10. The van der Waals surface area contributed by atoms with Crippen molar-refractivity contribution < 1.29 is 24.2 Å². The minimum atomic E-state index is -1.67. The molecule has 0 aromatic heterocycles. The van der Waals surface area contributed by atoms with E-state index < -0.39 is 24.5 Å². The molecule has 25 heavy (non-hydrogen) atoms. The maximum absolute atomic E-state index is 11.7. The number of unbranched alkanes of at least 4 members (excludes halogenated alkanes) is 10. The normalized spacial score (nSPS) is 12.0. The standard InChI is InChI=1S/C20H37O5/c1-3-5-7-9-11-13-15-24-19(22)17-18(21)20(23)25-16-14-12-10-8-6-4-2/h18H,3-17H2,1-2H3/q-1. The van der Waals surface area contributed by atoms with Crippen molar-refractivity contribution in [2.24, 2.45) is 0 Å². The third-order valence-corrected chi connectivity index (χ3v) is 4.12. The molecule has 0 aromatic carbocycles. The molecule has 0 amide bonds. The number of carbonyl (C=O) groups excluding carboxylic acids is 2. The molecule has 0 rings (SSSR count). The third-order valence-electron chi connectivity index (χ3n) is 4.12. The highest BCUT2D eigenvalue weighted by atomic mass is 16.6. The van der Waals surface area contributed by atoms with E-state index in [0.29, 0.717) is 6.61 Å². The first-order chi connectivity index (χ1) is 12.1. The second kappa shape index (κ2) is 17.7. The second-order valence-corrected chi connectivity index (χ2v) is 6.62. The summed E-state index contributed by atoms with van der Waals surface area (Å²) in [4.78, 5) is 23.1. The summed E-state index contributed by atoms with van der Waals surface area (Å²) in [7, 11) is 0.